The lowest BCUT2D eigenvalue weighted by molar-refractivity contribution is 0.0719. The Morgan fingerprint density at radius 2 is 1.85 bits per heavy atom. The van der Waals surface area contributed by atoms with Crippen LogP contribution in [0.3, 0.4) is 0 Å². The third-order valence-electron chi connectivity index (χ3n) is 1.84. The summed E-state index contributed by atoms with van der Waals surface area (Å²) in [7, 11) is 1.94. The predicted molar refractivity (Wildman–Crippen MR) is 56.3 cm³/mol. The quantitative estimate of drug-likeness (QED) is 0.526. The minimum Gasteiger partial charge on any atom is -0.377 e. The minimum absolute atomic E-state index is 0.279. The number of amidine groups is 1. The van der Waals surface area contributed by atoms with Gasteiger partial charge in [-0.15, -0.1) is 0 Å². The molecule has 0 rings (SSSR count). The van der Waals surface area contributed by atoms with Crippen molar-refractivity contribution in [3.63, 3.8) is 0 Å². The Hall–Kier alpha value is -0.570. The predicted octanol–water partition coefficient (Wildman–Crippen LogP) is 1.98. The van der Waals surface area contributed by atoms with Crippen LogP contribution >= 0.6 is 0 Å². The average molecular weight is 186 g/mol. The van der Waals surface area contributed by atoms with Gasteiger partial charge in [0, 0.05) is 19.5 Å². The molecule has 0 saturated carbocycles. The highest BCUT2D eigenvalue weighted by atomic mass is 16.5. The summed E-state index contributed by atoms with van der Waals surface area (Å²) in [4.78, 5) is 1.94. The highest BCUT2D eigenvalue weighted by Crippen LogP contribution is 1.99. The molecule has 0 aromatic rings. The summed E-state index contributed by atoms with van der Waals surface area (Å²) >= 11 is 0. The van der Waals surface area contributed by atoms with Crippen LogP contribution < -0.4 is 0 Å². The summed E-state index contributed by atoms with van der Waals surface area (Å²) in [5, 5.41) is 7.71. The standard InChI is InChI=1S/C10H22N2O/c1-8(2)10(11)12(5)6-7-13-9(3)4/h8-9,11H,6-7H2,1-5H3. The fraction of sp³-hybridized carbons (Fsp3) is 0.900. The second-order valence-electron chi connectivity index (χ2n) is 3.88. The summed E-state index contributed by atoms with van der Waals surface area (Å²) in [6, 6.07) is 0. The first-order chi connectivity index (χ1) is 5.95. The number of hydrogen-bond donors (Lipinski definition) is 1. The molecule has 3 nitrogen and oxygen atoms in total. The number of hydrogen-bond acceptors (Lipinski definition) is 2. The number of likely N-dealkylation sites (N-methyl/N-ethyl adjacent to an activating group) is 1. The molecule has 0 aliphatic heterocycles. The van der Waals surface area contributed by atoms with E-state index in [1.165, 1.54) is 0 Å². The lowest BCUT2D eigenvalue weighted by atomic mass is 10.2. The monoisotopic (exact) mass is 186 g/mol. The van der Waals surface area contributed by atoms with Gasteiger partial charge in [-0.3, -0.25) is 5.41 Å². The molecule has 0 unspecified atom stereocenters. The molecule has 3 heteroatoms. The van der Waals surface area contributed by atoms with Crippen molar-refractivity contribution in [1.82, 2.24) is 4.90 Å². The van der Waals surface area contributed by atoms with E-state index in [2.05, 4.69) is 0 Å². The summed E-state index contributed by atoms with van der Waals surface area (Å²) in [6.07, 6.45) is 0.279. The Kier molecular flexibility index (Phi) is 5.71. The van der Waals surface area contributed by atoms with E-state index in [1.54, 1.807) is 0 Å². The van der Waals surface area contributed by atoms with Crippen LogP contribution in [0.4, 0.5) is 0 Å². The Labute approximate surface area is 81.6 Å². The Bertz CT molecular complexity index is 155. The molecule has 0 amide bonds. The van der Waals surface area contributed by atoms with Crippen LogP contribution in [0, 0.1) is 11.3 Å². The van der Waals surface area contributed by atoms with Crippen LogP contribution in [0.2, 0.25) is 0 Å². The van der Waals surface area contributed by atoms with Crippen LogP contribution in [0.5, 0.6) is 0 Å². The normalized spacial score (nSPS) is 11.0. The van der Waals surface area contributed by atoms with Crippen LogP contribution in [0.15, 0.2) is 0 Å². The van der Waals surface area contributed by atoms with Crippen LogP contribution in [-0.2, 0) is 4.74 Å². The zero-order valence-corrected chi connectivity index (χ0v) is 9.42. The summed E-state index contributed by atoms with van der Waals surface area (Å²) in [5.41, 5.74) is 0. The van der Waals surface area contributed by atoms with Crippen molar-refractivity contribution >= 4 is 5.84 Å². The number of ether oxygens (including phenoxy) is 1. The Balaban J connectivity index is 3.62. The molecule has 0 spiro atoms. The molecule has 78 valence electrons. The number of nitrogens with zero attached hydrogens (tertiary/aromatic N) is 1. The first kappa shape index (κ1) is 12.4. The van der Waals surface area contributed by atoms with Gasteiger partial charge >= 0.3 is 0 Å². The molecular formula is C10H22N2O. The first-order valence-corrected chi connectivity index (χ1v) is 4.86. The Morgan fingerprint density at radius 1 is 1.31 bits per heavy atom. The molecule has 0 radical (unpaired) electrons. The van der Waals surface area contributed by atoms with Gasteiger partial charge in [-0.1, -0.05) is 13.8 Å². The van der Waals surface area contributed by atoms with Crippen molar-refractivity contribution in [2.24, 2.45) is 5.92 Å². The van der Waals surface area contributed by atoms with E-state index in [1.807, 2.05) is 39.6 Å². The van der Waals surface area contributed by atoms with Gasteiger partial charge in [0.25, 0.3) is 0 Å². The largest absolute Gasteiger partial charge is 0.377 e. The fourth-order valence-corrected chi connectivity index (χ4v) is 0.987. The van der Waals surface area contributed by atoms with Gasteiger partial charge in [0.1, 0.15) is 0 Å². The molecule has 0 saturated heterocycles. The Morgan fingerprint density at radius 3 is 2.23 bits per heavy atom. The van der Waals surface area contributed by atoms with Gasteiger partial charge < -0.3 is 9.64 Å². The highest BCUT2D eigenvalue weighted by Gasteiger charge is 2.07. The highest BCUT2D eigenvalue weighted by molar-refractivity contribution is 5.80. The number of nitrogens with one attached hydrogen (secondary N) is 1. The molecule has 0 aromatic carbocycles. The van der Waals surface area contributed by atoms with E-state index >= 15 is 0 Å². The average Bonchev–Trinajstić information content (AvgIpc) is 2.02. The zero-order chi connectivity index (χ0) is 10.4. The van der Waals surface area contributed by atoms with Gasteiger partial charge in [0.15, 0.2) is 0 Å². The zero-order valence-electron chi connectivity index (χ0n) is 9.42. The lowest BCUT2D eigenvalue weighted by Gasteiger charge is -2.22. The second-order valence-corrected chi connectivity index (χ2v) is 3.88. The molecule has 13 heavy (non-hydrogen) atoms. The van der Waals surface area contributed by atoms with Crippen molar-refractivity contribution in [2.45, 2.75) is 33.8 Å². The second kappa shape index (κ2) is 5.97. The third-order valence-corrected chi connectivity index (χ3v) is 1.84. The van der Waals surface area contributed by atoms with Gasteiger partial charge in [-0.2, -0.15) is 0 Å². The summed E-state index contributed by atoms with van der Waals surface area (Å²) in [5.74, 6) is 0.969. The summed E-state index contributed by atoms with van der Waals surface area (Å²) < 4.78 is 5.40. The molecule has 0 aliphatic rings. The topological polar surface area (TPSA) is 36.3 Å². The van der Waals surface area contributed by atoms with Gasteiger partial charge in [0.05, 0.1) is 18.5 Å². The van der Waals surface area contributed by atoms with Gasteiger partial charge in [0.2, 0.25) is 0 Å². The van der Waals surface area contributed by atoms with Gasteiger partial charge in [-0.25, -0.2) is 0 Å². The maximum Gasteiger partial charge on any atom is 0.0982 e. The smallest absolute Gasteiger partial charge is 0.0982 e. The van der Waals surface area contributed by atoms with Crippen molar-refractivity contribution in [3.05, 3.63) is 0 Å². The molecule has 0 heterocycles. The van der Waals surface area contributed by atoms with E-state index in [9.17, 15) is 0 Å². The molecule has 0 fully saturated rings. The maximum atomic E-state index is 7.71. The van der Waals surface area contributed by atoms with E-state index in [4.69, 9.17) is 10.1 Å². The van der Waals surface area contributed by atoms with E-state index in [-0.39, 0.29) is 6.10 Å². The molecule has 0 aliphatic carbocycles. The maximum absolute atomic E-state index is 7.71. The lowest BCUT2D eigenvalue weighted by Crippen LogP contribution is -2.33. The van der Waals surface area contributed by atoms with E-state index in [0.717, 1.165) is 6.54 Å². The van der Waals surface area contributed by atoms with Crippen molar-refractivity contribution in [2.75, 3.05) is 20.2 Å². The van der Waals surface area contributed by atoms with Crippen molar-refractivity contribution in [1.29, 1.82) is 5.41 Å². The SMILES string of the molecule is CC(C)OCCN(C)C(=N)C(C)C. The van der Waals surface area contributed by atoms with E-state index in [0.29, 0.717) is 18.4 Å². The van der Waals surface area contributed by atoms with Crippen LogP contribution in [0.1, 0.15) is 27.7 Å². The number of rotatable bonds is 5. The molecule has 0 atom stereocenters. The molecule has 0 bridgehead atoms. The van der Waals surface area contributed by atoms with Gasteiger partial charge in [-0.05, 0) is 13.8 Å². The van der Waals surface area contributed by atoms with Crippen LogP contribution in [0.25, 0.3) is 0 Å². The summed E-state index contributed by atoms with van der Waals surface area (Å²) in [6.45, 7) is 9.60. The van der Waals surface area contributed by atoms with Crippen LogP contribution in [-0.4, -0.2) is 37.0 Å². The third kappa shape index (κ3) is 5.64. The fourth-order valence-electron chi connectivity index (χ4n) is 0.987. The molecule has 1 N–H and O–H groups in total. The van der Waals surface area contributed by atoms with Crippen molar-refractivity contribution in [3.8, 4) is 0 Å². The van der Waals surface area contributed by atoms with E-state index < -0.39 is 0 Å². The molecule has 0 aromatic heterocycles. The minimum atomic E-state index is 0.279. The van der Waals surface area contributed by atoms with Crippen molar-refractivity contribution < 1.29 is 4.74 Å². The molecular weight excluding hydrogens is 164 g/mol. The first-order valence-electron chi connectivity index (χ1n) is 4.86.